The van der Waals surface area contributed by atoms with Crippen LogP contribution in [0.2, 0.25) is 0 Å². The van der Waals surface area contributed by atoms with E-state index in [4.69, 9.17) is 15.2 Å². The number of nitrogens with two attached hydrogens (primary N) is 1. The maximum absolute atomic E-state index is 5.95. The first kappa shape index (κ1) is 6.40. The van der Waals surface area contributed by atoms with E-state index in [2.05, 4.69) is 0 Å². The van der Waals surface area contributed by atoms with Crippen LogP contribution in [-0.4, -0.2) is 30.5 Å². The van der Waals surface area contributed by atoms with Crippen LogP contribution in [0.4, 0.5) is 0 Å². The Bertz CT molecular complexity index is 177. The number of rotatable bonds is 0. The molecule has 0 amide bonds. The first-order chi connectivity index (χ1) is 5.34. The van der Waals surface area contributed by atoms with Crippen LogP contribution in [0, 0.1) is 0 Å². The average molecular weight is 155 g/mol. The van der Waals surface area contributed by atoms with Gasteiger partial charge in [-0.3, -0.25) is 0 Å². The van der Waals surface area contributed by atoms with Gasteiger partial charge in [-0.2, -0.15) is 0 Å². The molecule has 5 atom stereocenters. The number of hydrogen-bond donors (Lipinski definition) is 1. The van der Waals surface area contributed by atoms with Gasteiger partial charge in [0.15, 0.2) is 0 Å². The van der Waals surface area contributed by atoms with Crippen LogP contribution in [0.5, 0.6) is 0 Å². The molecule has 3 heteroatoms. The summed E-state index contributed by atoms with van der Waals surface area (Å²) < 4.78 is 11.5. The molecule has 11 heavy (non-hydrogen) atoms. The van der Waals surface area contributed by atoms with Gasteiger partial charge in [0.05, 0.1) is 30.5 Å². The van der Waals surface area contributed by atoms with E-state index in [-0.39, 0.29) is 12.1 Å². The van der Waals surface area contributed by atoms with Gasteiger partial charge < -0.3 is 15.2 Å². The standard InChI is InChI=1S/C8H13NO2/c9-8-5-2-1-4-6(11-5)3-7(8)10-4/h4-8H,1-3,9H2. The predicted octanol–water partition coefficient (Wildman–Crippen LogP) is 0.0324. The Labute approximate surface area is 65.8 Å². The molecule has 62 valence electrons. The Morgan fingerprint density at radius 1 is 0.909 bits per heavy atom. The zero-order chi connectivity index (χ0) is 7.42. The molecular formula is C8H13NO2. The third-order valence-corrected chi connectivity index (χ3v) is 3.17. The lowest BCUT2D eigenvalue weighted by molar-refractivity contribution is -0.0827. The Kier molecular flexibility index (Phi) is 1.15. The first-order valence-electron chi connectivity index (χ1n) is 4.41. The highest BCUT2D eigenvalue weighted by Gasteiger charge is 2.50. The zero-order valence-electron chi connectivity index (χ0n) is 6.40. The fourth-order valence-corrected chi connectivity index (χ4v) is 2.54. The third-order valence-electron chi connectivity index (χ3n) is 3.17. The molecule has 3 heterocycles. The van der Waals surface area contributed by atoms with Gasteiger partial charge in [-0.15, -0.1) is 0 Å². The maximum Gasteiger partial charge on any atom is 0.0866 e. The minimum Gasteiger partial charge on any atom is -0.370 e. The van der Waals surface area contributed by atoms with Crippen molar-refractivity contribution in [2.45, 2.75) is 49.7 Å². The highest BCUT2D eigenvalue weighted by molar-refractivity contribution is 5.01. The summed E-state index contributed by atoms with van der Waals surface area (Å²) in [6.07, 6.45) is 4.60. The van der Waals surface area contributed by atoms with E-state index in [1.807, 2.05) is 0 Å². The van der Waals surface area contributed by atoms with Crippen LogP contribution in [-0.2, 0) is 9.47 Å². The number of ether oxygens (including phenoxy) is 2. The second-order valence-corrected chi connectivity index (χ2v) is 3.82. The minimum absolute atomic E-state index is 0.138. The molecule has 5 unspecified atom stereocenters. The minimum atomic E-state index is 0.138. The summed E-state index contributed by atoms with van der Waals surface area (Å²) in [5.41, 5.74) is 5.95. The van der Waals surface area contributed by atoms with Crippen LogP contribution in [0.3, 0.4) is 0 Å². The van der Waals surface area contributed by atoms with Crippen LogP contribution in [0.1, 0.15) is 19.3 Å². The average Bonchev–Trinajstić information content (AvgIpc) is 2.33. The lowest BCUT2D eigenvalue weighted by Gasteiger charge is -2.36. The fraction of sp³-hybridized carbons (Fsp3) is 1.00. The molecule has 3 nitrogen and oxygen atoms in total. The second-order valence-electron chi connectivity index (χ2n) is 3.82. The van der Waals surface area contributed by atoms with Gasteiger partial charge >= 0.3 is 0 Å². The lowest BCUT2D eigenvalue weighted by Crippen LogP contribution is -2.51. The van der Waals surface area contributed by atoms with Crippen molar-refractivity contribution in [3.05, 3.63) is 0 Å². The van der Waals surface area contributed by atoms with E-state index in [0.717, 1.165) is 19.3 Å². The Morgan fingerprint density at radius 2 is 1.64 bits per heavy atom. The quantitative estimate of drug-likeness (QED) is 0.537. The topological polar surface area (TPSA) is 44.5 Å². The summed E-state index contributed by atoms with van der Waals surface area (Å²) in [7, 11) is 0. The molecule has 3 rings (SSSR count). The highest BCUT2D eigenvalue weighted by Crippen LogP contribution is 2.40. The molecular weight excluding hydrogens is 142 g/mol. The van der Waals surface area contributed by atoms with Gasteiger partial charge in [0.1, 0.15) is 0 Å². The maximum atomic E-state index is 5.95. The summed E-state index contributed by atoms with van der Waals surface area (Å²) in [4.78, 5) is 0. The lowest BCUT2D eigenvalue weighted by atomic mass is 9.89. The summed E-state index contributed by atoms with van der Waals surface area (Å²) in [5, 5.41) is 0. The largest absolute Gasteiger partial charge is 0.370 e. The smallest absolute Gasteiger partial charge is 0.0866 e. The van der Waals surface area contributed by atoms with Crippen molar-refractivity contribution in [3.63, 3.8) is 0 Å². The van der Waals surface area contributed by atoms with E-state index < -0.39 is 0 Å². The molecule has 0 aromatic heterocycles. The van der Waals surface area contributed by atoms with Gasteiger partial charge in [0.2, 0.25) is 0 Å². The van der Waals surface area contributed by atoms with Crippen molar-refractivity contribution in [1.82, 2.24) is 0 Å². The molecule has 3 saturated heterocycles. The molecule has 0 saturated carbocycles. The Balaban J connectivity index is 1.95. The summed E-state index contributed by atoms with van der Waals surface area (Å²) in [5.74, 6) is 0. The second kappa shape index (κ2) is 1.97. The monoisotopic (exact) mass is 155 g/mol. The van der Waals surface area contributed by atoms with E-state index in [0.29, 0.717) is 18.3 Å². The van der Waals surface area contributed by atoms with Crippen LogP contribution in [0.15, 0.2) is 0 Å². The van der Waals surface area contributed by atoms with Crippen LogP contribution < -0.4 is 5.73 Å². The van der Waals surface area contributed by atoms with E-state index in [1.54, 1.807) is 0 Å². The molecule has 3 fully saturated rings. The zero-order valence-corrected chi connectivity index (χ0v) is 6.40. The Hall–Kier alpha value is -0.120. The van der Waals surface area contributed by atoms with Gasteiger partial charge in [-0.1, -0.05) is 0 Å². The van der Waals surface area contributed by atoms with Crippen molar-refractivity contribution >= 4 is 0 Å². The van der Waals surface area contributed by atoms with Crippen LogP contribution in [0.25, 0.3) is 0 Å². The summed E-state index contributed by atoms with van der Waals surface area (Å²) in [6.45, 7) is 0. The third kappa shape index (κ3) is 0.736. The molecule has 3 aliphatic rings. The van der Waals surface area contributed by atoms with Crippen LogP contribution >= 0.6 is 0 Å². The molecule has 3 bridgehead atoms. The summed E-state index contributed by atoms with van der Waals surface area (Å²) >= 11 is 0. The van der Waals surface area contributed by atoms with E-state index in [9.17, 15) is 0 Å². The SMILES string of the molecule is NC1C2CCC3OC1CC3O2. The highest BCUT2D eigenvalue weighted by atomic mass is 16.6. The summed E-state index contributed by atoms with van der Waals surface area (Å²) in [6, 6.07) is 0.138. The molecule has 0 aliphatic carbocycles. The molecule has 0 spiro atoms. The van der Waals surface area contributed by atoms with Crippen molar-refractivity contribution in [3.8, 4) is 0 Å². The number of hydrogen-bond acceptors (Lipinski definition) is 3. The normalized spacial score (nSPS) is 60.3. The van der Waals surface area contributed by atoms with Crippen molar-refractivity contribution < 1.29 is 9.47 Å². The fourth-order valence-electron chi connectivity index (χ4n) is 2.54. The molecule has 0 aromatic carbocycles. The number of fused-ring (bicyclic) bond motifs is 2. The van der Waals surface area contributed by atoms with E-state index >= 15 is 0 Å². The first-order valence-corrected chi connectivity index (χ1v) is 4.41. The van der Waals surface area contributed by atoms with E-state index in [1.165, 1.54) is 0 Å². The van der Waals surface area contributed by atoms with Gasteiger partial charge in [0, 0.05) is 6.42 Å². The van der Waals surface area contributed by atoms with Gasteiger partial charge in [-0.05, 0) is 12.8 Å². The van der Waals surface area contributed by atoms with Crippen molar-refractivity contribution in [1.29, 1.82) is 0 Å². The van der Waals surface area contributed by atoms with Gasteiger partial charge in [-0.25, -0.2) is 0 Å². The van der Waals surface area contributed by atoms with Crippen molar-refractivity contribution in [2.75, 3.05) is 0 Å². The molecule has 3 aliphatic heterocycles. The molecule has 0 radical (unpaired) electrons. The Morgan fingerprint density at radius 3 is 2.55 bits per heavy atom. The molecule has 2 N–H and O–H groups in total. The predicted molar refractivity (Wildman–Crippen MR) is 39.1 cm³/mol. The van der Waals surface area contributed by atoms with Gasteiger partial charge in [0.25, 0.3) is 0 Å². The van der Waals surface area contributed by atoms with Crippen molar-refractivity contribution in [2.24, 2.45) is 5.73 Å². The molecule has 0 aromatic rings.